The molecule has 1 rings (SSSR count). The quantitative estimate of drug-likeness (QED) is 0.508. The van der Waals surface area contributed by atoms with E-state index in [-0.39, 0.29) is 0 Å². The monoisotopic (exact) mass is 136 g/mol. The van der Waals surface area contributed by atoms with Gasteiger partial charge in [0.1, 0.15) is 11.4 Å². The van der Waals surface area contributed by atoms with Crippen molar-refractivity contribution in [3.8, 4) is 0 Å². The smallest absolute Gasteiger partial charge is 0.130 e. The van der Waals surface area contributed by atoms with Crippen molar-refractivity contribution in [2.45, 2.75) is 0 Å². The number of rotatable bonds is 2. The highest BCUT2D eigenvalue weighted by atomic mass is 15.0. The topological polar surface area (TPSA) is 75.9 Å². The molecular formula is C6H8N4+2. The standard InChI is InChI=1S/C6H6N4/c7-9-5-1-2-6(10-8)4-3-5/h1-4,7-8H/p+2. The minimum absolute atomic E-state index is 0.715. The highest BCUT2D eigenvalue weighted by Gasteiger charge is 1.92. The highest BCUT2D eigenvalue weighted by molar-refractivity contribution is 5.45. The van der Waals surface area contributed by atoms with E-state index in [1.807, 2.05) is 0 Å². The molecule has 50 valence electrons. The molecule has 0 radical (unpaired) electrons. The normalized spacial score (nSPS) is 8.80. The summed E-state index contributed by atoms with van der Waals surface area (Å²) in [6.07, 6.45) is 0. The molecule has 0 aliphatic carbocycles. The Bertz CT molecular complexity index is 211. The molecule has 0 aliphatic rings. The van der Waals surface area contributed by atoms with Crippen LogP contribution < -0.4 is 11.1 Å². The zero-order valence-corrected chi connectivity index (χ0v) is 5.36. The first kappa shape index (κ1) is 6.54. The van der Waals surface area contributed by atoms with Crippen LogP contribution in [0.1, 0.15) is 0 Å². The van der Waals surface area contributed by atoms with Gasteiger partial charge in [-0.05, 0) is 34.5 Å². The van der Waals surface area contributed by atoms with Crippen LogP contribution >= 0.6 is 0 Å². The first-order valence-corrected chi connectivity index (χ1v) is 2.78. The van der Waals surface area contributed by atoms with Gasteiger partial charge in [0.2, 0.25) is 0 Å². The van der Waals surface area contributed by atoms with Gasteiger partial charge in [0.25, 0.3) is 0 Å². The molecule has 0 atom stereocenters. The van der Waals surface area contributed by atoms with Crippen molar-refractivity contribution in [1.29, 1.82) is 0 Å². The van der Waals surface area contributed by atoms with E-state index in [4.69, 9.17) is 11.1 Å². The van der Waals surface area contributed by atoms with Crippen LogP contribution in [0.5, 0.6) is 0 Å². The molecule has 0 amide bonds. The number of nitrogens with zero attached hydrogens (tertiary/aromatic N) is 2. The lowest BCUT2D eigenvalue weighted by molar-refractivity contribution is -0.211. The summed E-state index contributed by atoms with van der Waals surface area (Å²) in [5, 5.41) is 6.93. The van der Waals surface area contributed by atoms with Crippen molar-refractivity contribution in [2.75, 3.05) is 0 Å². The molecule has 4 N–H and O–H groups in total. The fourth-order valence-electron chi connectivity index (χ4n) is 0.625. The van der Waals surface area contributed by atoms with Gasteiger partial charge >= 0.3 is 0 Å². The van der Waals surface area contributed by atoms with Crippen LogP contribution in [0.3, 0.4) is 0 Å². The second-order valence-electron chi connectivity index (χ2n) is 1.77. The van der Waals surface area contributed by atoms with Gasteiger partial charge in [-0.2, -0.15) is 11.1 Å². The second kappa shape index (κ2) is 2.82. The van der Waals surface area contributed by atoms with Crippen LogP contribution in [0.25, 0.3) is 0 Å². The average Bonchev–Trinajstić information content (AvgIpc) is 2.05. The van der Waals surface area contributed by atoms with Gasteiger partial charge in [0.05, 0.1) is 0 Å². The third-order valence-electron chi connectivity index (χ3n) is 1.15. The summed E-state index contributed by atoms with van der Waals surface area (Å²) in [5.74, 6) is 0. The SMILES string of the molecule is [NH2+]=Nc1ccc(N=[NH2+])cc1. The van der Waals surface area contributed by atoms with E-state index in [1.54, 1.807) is 24.3 Å². The average molecular weight is 136 g/mol. The number of benzene rings is 1. The molecule has 0 aliphatic heterocycles. The molecule has 0 unspecified atom stereocenters. The summed E-state index contributed by atoms with van der Waals surface area (Å²) in [7, 11) is 0. The number of nitrogens with two attached hydrogens (primary N) is 2. The van der Waals surface area contributed by atoms with Crippen LogP contribution in [0.4, 0.5) is 11.4 Å². The molecule has 0 heterocycles. The third kappa shape index (κ3) is 1.22. The molecule has 0 spiro atoms. The maximum absolute atomic E-state index is 5.00. The Hall–Kier alpha value is -1.58. The number of hydrogen-bond donors (Lipinski definition) is 2. The Kier molecular flexibility index (Phi) is 1.84. The zero-order valence-electron chi connectivity index (χ0n) is 5.36. The molecular weight excluding hydrogens is 128 g/mol. The fourth-order valence-corrected chi connectivity index (χ4v) is 0.625. The van der Waals surface area contributed by atoms with Gasteiger partial charge in [-0.25, -0.2) is 0 Å². The summed E-state index contributed by atoms with van der Waals surface area (Å²) in [6, 6.07) is 6.97. The van der Waals surface area contributed by atoms with E-state index in [0.29, 0.717) is 11.4 Å². The minimum Gasteiger partial charge on any atom is -0.152 e. The molecule has 0 bridgehead atoms. The van der Waals surface area contributed by atoms with Crippen LogP contribution in [0.2, 0.25) is 0 Å². The molecule has 1 aromatic carbocycles. The van der Waals surface area contributed by atoms with E-state index in [0.717, 1.165) is 0 Å². The summed E-state index contributed by atoms with van der Waals surface area (Å²) in [4.78, 5) is 0. The molecule has 10 heavy (non-hydrogen) atoms. The van der Waals surface area contributed by atoms with E-state index in [2.05, 4.69) is 10.2 Å². The van der Waals surface area contributed by atoms with E-state index in [1.165, 1.54) is 0 Å². The van der Waals surface area contributed by atoms with Gasteiger partial charge in [0.15, 0.2) is 0 Å². The Labute approximate surface area is 57.9 Å². The van der Waals surface area contributed by atoms with Crippen LogP contribution in [0, 0.1) is 0 Å². The van der Waals surface area contributed by atoms with E-state index >= 15 is 0 Å². The van der Waals surface area contributed by atoms with Gasteiger partial charge in [-0.15, -0.1) is 0 Å². The lowest BCUT2D eigenvalue weighted by Gasteiger charge is -1.85. The first-order chi connectivity index (χ1) is 4.86. The van der Waals surface area contributed by atoms with Crippen LogP contribution in [-0.4, -0.2) is 0 Å². The predicted molar refractivity (Wildman–Crippen MR) is 34.5 cm³/mol. The van der Waals surface area contributed by atoms with E-state index in [9.17, 15) is 0 Å². The summed E-state index contributed by atoms with van der Waals surface area (Å²) < 4.78 is 0. The van der Waals surface area contributed by atoms with Crippen molar-refractivity contribution < 1.29 is 11.1 Å². The predicted octanol–water partition coefficient (Wildman–Crippen LogP) is -0.628. The maximum Gasteiger partial charge on any atom is 0.130 e. The first-order valence-electron chi connectivity index (χ1n) is 2.78. The van der Waals surface area contributed by atoms with Crippen LogP contribution in [-0.2, 0) is 0 Å². The Morgan fingerprint density at radius 3 is 1.30 bits per heavy atom. The number of hydrogen-bond acceptors (Lipinski definition) is 2. The van der Waals surface area contributed by atoms with Gasteiger partial charge < -0.3 is 0 Å². The van der Waals surface area contributed by atoms with Crippen molar-refractivity contribution in [1.82, 2.24) is 0 Å². The molecule has 0 aromatic heterocycles. The highest BCUT2D eigenvalue weighted by Crippen LogP contribution is 2.15. The Morgan fingerprint density at radius 1 is 0.800 bits per heavy atom. The van der Waals surface area contributed by atoms with Crippen molar-refractivity contribution >= 4 is 11.4 Å². The van der Waals surface area contributed by atoms with Crippen molar-refractivity contribution in [3.63, 3.8) is 0 Å². The molecule has 0 fully saturated rings. The zero-order chi connectivity index (χ0) is 7.40. The van der Waals surface area contributed by atoms with Crippen molar-refractivity contribution in [2.24, 2.45) is 10.2 Å². The Balaban J connectivity index is 3.00. The lowest BCUT2D eigenvalue weighted by Crippen LogP contribution is -2.22. The lowest BCUT2D eigenvalue weighted by atomic mass is 10.3. The summed E-state index contributed by atoms with van der Waals surface area (Å²) in [5.41, 5.74) is 11.4. The molecule has 4 nitrogen and oxygen atoms in total. The summed E-state index contributed by atoms with van der Waals surface area (Å²) >= 11 is 0. The summed E-state index contributed by atoms with van der Waals surface area (Å²) in [6.45, 7) is 0. The van der Waals surface area contributed by atoms with Crippen LogP contribution in [0.15, 0.2) is 34.5 Å². The fraction of sp³-hybridized carbons (Fsp3) is 0. The van der Waals surface area contributed by atoms with E-state index < -0.39 is 0 Å². The van der Waals surface area contributed by atoms with Crippen molar-refractivity contribution in [3.05, 3.63) is 24.3 Å². The maximum atomic E-state index is 5.00. The van der Waals surface area contributed by atoms with Gasteiger partial charge in [-0.3, -0.25) is 0 Å². The third-order valence-corrected chi connectivity index (χ3v) is 1.15. The molecule has 1 aromatic rings. The molecule has 0 saturated heterocycles. The van der Waals surface area contributed by atoms with Gasteiger partial charge in [-0.1, -0.05) is 0 Å². The Morgan fingerprint density at radius 2 is 1.10 bits per heavy atom. The second-order valence-corrected chi connectivity index (χ2v) is 1.77. The molecule has 4 heteroatoms. The molecule has 0 saturated carbocycles. The largest absolute Gasteiger partial charge is 0.152 e. The van der Waals surface area contributed by atoms with Gasteiger partial charge in [0, 0.05) is 0 Å². The minimum atomic E-state index is 0.715.